The van der Waals surface area contributed by atoms with Crippen molar-refractivity contribution in [1.82, 2.24) is 0 Å². The van der Waals surface area contributed by atoms with Crippen molar-refractivity contribution < 1.29 is 8.78 Å². The highest BCUT2D eigenvalue weighted by Gasteiger charge is 2.14. The summed E-state index contributed by atoms with van der Waals surface area (Å²) in [5.41, 5.74) is 6.18. The Morgan fingerprint density at radius 3 is 2.56 bits per heavy atom. The van der Waals surface area contributed by atoms with E-state index in [-0.39, 0.29) is 5.56 Å². The average molecular weight is 267 g/mol. The van der Waals surface area contributed by atoms with Crippen LogP contribution >= 0.6 is 11.3 Å². The summed E-state index contributed by atoms with van der Waals surface area (Å²) in [4.78, 5) is 2.37. The number of thiophene rings is 1. The summed E-state index contributed by atoms with van der Waals surface area (Å²) in [7, 11) is 0. The highest BCUT2D eigenvalue weighted by atomic mass is 32.1. The predicted octanol–water partition coefficient (Wildman–Crippen LogP) is 3.83. The Bertz CT molecular complexity index is 536. The third-order valence-corrected chi connectivity index (χ3v) is 4.10. The molecule has 0 amide bonds. The van der Waals surface area contributed by atoms with Crippen molar-refractivity contribution >= 4 is 11.3 Å². The molecule has 1 atom stereocenters. The zero-order chi connectivity index (χ0) is 13.1. The number of aryl methyl sites for hydroxylation is 1. The van der Waals surface area contributed by atoms with Crippen molar-refractivity contribution in [3.8, 4) is 0 Å². The summed E-state index contributed by atoms with van der Waals surface area (Å²) in [5, 5.41) is 0. The predicted molar refractivity (Wildman–Crippen MR) is 70.7 cm³/mol. The fourth-order valence-electron chi connectivity index (χ4n) is 1.85. The van der Waals surface area contributed by atoms with Crippen LogP contribution in [0.1, 0.15) is 28.3 Å². The van der Waals surface area contributed by atoms with Crippen LogP contribution in [0.15, 0.2) is 30.3 Å². The van der Waals surface area contributed by atoms with E-state index in [0.29, 0.717) is 6.42 Å². The third kappa shape index (κ3) is 2.94. The second-order valence-corrected chi connectivity index (χ2v) is 5.45. The van der Waals surface area contributed by atoms with Gasteiger partial charge in [-0.3, -0.25) is 0 Å². The van der Waals surface area contributed by atoms with E-state index < -0.39 is 17.7 Å². The lowest BCUT2D eigenvalue weighted by molar-refractivity contribution is 0.562. The van der Waals surface area contributed by atoms with Crippen molar-refractivity contribution in [3.63, 3.8) is 0 Å². The van der Waals surface area contributed by atoms with Gasteiger partial charge in [-0.15, -0.1) is 11.3 Å². The Kier molecular flexibility index (Phi) is 4.09. The first-order valence-corrected chi connectivity index (χ1v) is 6.70. The molecule has 1 heterocycles. The Morgan fingerprint density at radius 1 is 1.17 bits per heavy atom. The molecular formula is C14H15F2NS. The molecule has 96 valence electrons. The van der Waals surface area contributed by atoms with Gasteiger partial charge in [-0.1, -0.05) is 6.92 Å². The van der Waals surface area contributed by atoms with E-state index in [1.165, 1.54) is 10.9 Å². The number of benzene rings is 1. The number of hydrogen-bond acceptors (Lipinski definition) is 2. The average Bonchev–Trinajstić information content (AvgIpc) is 2.80. The third-order valence-electron chi connectivity index (χ3n) is 2.84. The Morgan fingerprint density at radius 2 is 1.89 bits per heavy atom. The van der Waals surface area contributed by atoms with Gasteiger partial charge in [-0.25, -0.2) is 8.78 Å². The normalized spacial score (nSPS) is 12.7. The quantitative estimate of drug-likeness (QED) is 0.895. The van der Waals surface area contributed by atoms with Gasteiger partial charge in [0.2, 0.25) is 0 Å². The molecule has 0 saturated carbocycles. The van der Waals surface area contributed by atoms with Crippen LogP contribution in [0, 0.1) is 11.6 Å². The molecule has 0 aliphatic heterocycles. The molecule has 1 unspecified atom stereocenters. The fourth-order valence-corrected chi connectivity index (χ4v) is 2.86. The first kappa shape index (κ1) is 13.2. The van der Waals surface area contributed by atoms with E-state index in [1.54, 1.807) is 11.3 Å². The van der Waals surface area contributed by atoms with Gasteiger partial charge in [0.25, 0.3) is 0 Å². The van der Waals surface area contributed by atoms with E-state index in [1.807, 2.05) is 6.07 Å². The number of rotatable bonds is 4. The summed E-state index contributed by atoms with van der Waals surface area (Å²) in [6.45, 7) is 2.09. The molecule has 18 heavy (non-hydrogen) atoms. The van der Waals surface area contributed by atoms with Gasteiger partial charge < -0.3 is 5.73 Å². The maximum absolute atomic E-state index is 13.6. The van der Waals surface area contributed by atoms with Crippen molar-refractivity contribution in [1.29, 1.82) is 0 Å². The van der Waals surface area contributed by atoms with Crippen molar-refractivity contribution in [3.05, 3.63) is 57.3 Å². The molecule has 0 saturated heterocycles. The minimum atomic E-state index is -0.510. The van der Waals surface area contributed by atoms with Crippen LogP contribution in [0.5, 0.6) is 0 Å². The first-order valence-electron chi connectivity index (χ1n) is 5.88. The summed E-state index contributed by atoms with van der Waals surface area (Å²) < 4.78 is 26.6. The lowest BCUT2D eigenvalue weighted by Crippen LogP contribution is -2.14. The summed E-state index contributed by atoms with van der Waals surface area (Å²) in [6.07, 6.45) is 1.51. The zero-order valence-corrected chi connectivity index (χ0v) is 10.9. The monoisotopic (exact) mass is 267 g/mol. The van der Waals surface area contributed by atoms with E-state index >= 15 is 0 Å². The van der Waals surface area contributed by atoms with Crippen molar-refractivity contribution in [2.45, 2.75) is 25.8 Å². The summed E-state index contributed by atoms with van der Waals surface area (Å²) in [5.74, 6) is -0.904. The maximum atomic E-state index is 13.6. The summed E-state index contributed by atoms with van der Waals surface area (Å²) in [6, 6.07) is 6.94. The van der Waals surface area contributed by atoms with E-state index in [4.69, 9.17) is 5.73 Å². The standard InChI is InChI=1S/C14H15F2NS/c1-2-10-4-5-11(18-10)8-14(17)12-7-9(15)3-6-13(12)16/h3-7,14H,2,8,17H2,1H3. The highest BCUT2D eigenvalue weighted by Crippen LogP contribution is 2.24. The van der Waals surface area contributed by atoms with Crippen LogP contribution in [-0.4, -0.2) is 0 Å². The first-order chi connectivity index (χ1) is 8.60. The minimum Gasteiger partial charge on any atom is -0.324 e. The molecule has 0 radical (unpaired) electrons. The SMILES string of the molecule is CCc1ccc(CC(N)c2cc(F)ccc2F)s1. The molecule has 2 rings (SSSR count). The molecule has 0 fully saturated rings. The Balaban J connectivity index is 2.16. The van der Waals surface area contributed by atoms with E-state index in [9.17, 15) is 8.78 Å². The molecule has 1 aromatic carbocycles. The van der Waals surface area contributed by atoms with Gasteiger partial charge in [-0.2, -0.15) is 0 Å². The second kappa shape index (κ2) is 5.59. The van der Waals surface area contributed by atoms with Crippen molar-refractivity contribution in [2.75, 3.05) is 0 Å². The largest absolute Gasteiger partial charge is 0.324 e. The van der Waals surface area contributed by atoms with Gasteiger partial charge >= 0.3 is 0 Å². The van der Waals surface area contributed by atoms with Gasteiger partial charge in [-0.05, 0) is 36.8 Å². The lowest BCUT2D eigenvalue weighted by Gasteiger charge is -2.12. The molecule has 0 bridgehead atoms. The van der Waals surface area contributed by atoms with Crippen LogP contribution in [0.3, 0.4) is 0 Å². The number of halogens is 2. The fraction of sp³-hybridized carbons (Fsp3) is 0.286. The molecular weight excluding hydrogens is 252 g/mol. The molecule has 2 N–H and O–H groups in total. The highest BCUT2D eigenvalue weighted by molar-refractivity contribution is 7.11. The van der Waals surface area contributed by atoms with E-state index in [2.05, 4.69) is 13.0 Å². The Hall–Kier alpha value is -1.26. The van der Waals surface area contributed by atoms with Gasteiger partial charge in [0.1, 0.15) is 11.6 Å². The van der Waals surface area contributed by atoms with Crippen LogP contribution in [0.4, 0.5) is 8.78 Å². The lowest BCUT2D eigenvalue weighted by atomic mass is 10.0. The second-order valence-electron chi connectivity index (χ2n) is 4.20. The molecule has 0 spiro atoms. The molecule has 0 aliphatic rings. The van der Waals surface area contributed by atoms with Gasteiger partial charge in [0.05, 0.1) is 0 Å². The van der Waals surface area contributed by atoms with Crippen LogP contribution in [0.25, 0.3) is 0 Å². The molecule has 1 aromatic heterocycles. The summed E-state index contributed by atoms with van der Waals surface area (Å²) >= 11 is 1.67. The molecule has 4 heteroatoms. The minimum absolute atomic E-state index is 0.237. The molecule has 0 aliphatic carbocycles. The van der Waals surface area contributed by atoms with Gasteiger partial charge in [0.15, 0.2) is 0 Å². The topological polar surface area (TPSA) is 26.0 Å². The van der Waals surface area contributed by atoms with Gasteiger partial charge in [0, 0.05) is 27.8 Å². The smallest absolute Gasteiger partial charge is 0.128 e. The van der Waals surface area contributed by atoms with Crippen LogP contribution in [-0.2, 0) is 12.8 Å². The van der Waals surface area contributed by atoms with Crippen LogP contribution in [0.2, 0.25) is 0 Å². The number of hydrogen-bond donors (Lipinski definition) is 1. The maximum Gasteiger partial charge on any atom is 0.128 e. The van der Waals surface area contributed by atoms with E-state index in [0.717, 1.165) is 23.4 Å². The zero-order valence-electron chi connectivity index (χ0n) is 10.1. The number of nitrogens with two attached hydrogens (primary N) is 1. The van der Waals surface area contributed by atoms with Crippen molar-refractivity contribution in [2.24, 2.45) is 5.73 Å². The van der Waals surface area contributed by atoms with Crippen LogP contribution < -0.4 is 5.73 Å². The molecule has 2 aromatic rings. The molecule has 1 nitrogen and oxygen atoms in total. The Labute approximate surface area is 109 Å².